The first-order chi connectivity index (χ1) is 8.54. The molecule has 13 heteroatoms. The number of hydrogen-bond donors (Lipinski definition) is 2. The molecule has 0 radical (unpaired) electrons. The van der Waals surface area contributed by atoms with E-state index in [1.165, 1.54) is 22.6 Å². The first-order valence-corrected chi connectivity index (χ1v) is 8.20. The standard InChI is InChI=1S/C7H5IN2O7S2.BrH/c1-17-4-2-3(10-9)6(18(11,12)13)7(5(4)8)19(14,15)16;/h2H,1H3,(H-,11,12,13,14,15,16);1H. The van der Waals surface area contributed by atoms with Gasteiger partial charge in [-0.25, -0.2) is 0 Å². The molecule has 0 unspecified atom stereocenters. The van der Waals surface area contributed by atoms with E-state index in [1.807, 2.05) is 0 Å². The number of methoxy groups -OCH3 is 1. The second-order valence-corrected chi connectivity index (χ2v) is 6.92. The smallest absolute Gasteiger partial charge is 0.411 e. The predicted octanol–water partition coefficient (Wildman–Crippen LogP) is -1.72. The molecule has 112 valence electrons. The first-order valence-electron chi connectivity index (χ1n) is 4.24. The Kier molecular flexibility index (Phi) is 6.32. The highest BCUT2D eigenvalue weighted by molar-refractivity contribution is 14.1. The van der Waals surface area contributed by atoms with E-state index in [-0.39, 0.29) is 26.3 Å². The summed E-state index contributed by atoms with van der Waals surface area (Å²) in [4.78, 5) is 0.207. The molecule has 0 aromatic heterocycles. The van der Waals surface area contributed by atoms with Crippen LogP contribution in [0.15, 0.2) is 15.9 Å². The van der Waals surface area contributed by atoms with Crippen LogP contribution >= 0.6 is 22.6 Å². The molecule has 2 N–H and O–H groups in total. The summed E-state index contributed by atoms with van der Waals surface area (Å²) in [7, 11) is -8.92. The maximum absolute atomic E-state index is 11.3. The van der Waals surface area contributed by atoms with Crippen molar-refractivity contribution in [2.45, 2.75) is 9.79 Å². The van der Waals surface area contributed by atoms with Gasteiger partial charge in [0.15, 0.2) is 4.98 Å². The third-order valence-corrected chi connectivity index (χ3v) is 5.39. The maximum atomic E-state index is 11.3. The van der Waals surface area contributed by atoms with Crippen LogP contribution < -0.4 is 21.7 Å². The number of benzene rings is 1. The quantitative estimate of drug-likeness (QED) is 0.283. The molecule has 0 fully saturated rings. The van der Waals surface area contributed by atoms with Crippen LogP contribution in [0.3, 0.4) is 0 Å². The molecule has 0 bridgehead atoms. The molecule has 9 nitrogen and oxygen atoms in total. The number of nitrogens with zero attached hydrogens (tertiary/aromatic N) is 2. The highest BCUT2D eigenvalue weighted by Gasteiger charge is 2.38. The van der Waals surface area contributed by atoms with Crippen LogP contribution in [0.5, 0.6) is 5.75 Å². The Hall–Kier alpha value is -0.530. The van der Waals surface area contributed by atoms with Crippen molar-refractivity contribution in [2.24, 2.45) is 0 Å². The Morgan fingerprint density at radius 1 is 1.20 bits per heavy atom. The van der Waals surface area contributed by atoms with Gasteiger partial charge in [0.05, 0.1) is 16.7 Å². The third kappa shape index (κ3) is 3.77. The van der Waals surface area contributed by atoms with Crippen LogP contribution in [-0.2, 0) is 20.2 Å². The summed E-state index contributed by atoms with van der Waals surface area (Å²) >= 11 is 1.40. The summed E-state index contributed by atoms with van der Waals surface area (Å²) < 4.78 is 67.5. The molecule has 1 rings (SSSR count). The number of ether oxygens (including phenoxy) is 1. The molecule has 0 atom stereocenters. The third-order valence-electron chi connectivity index (χ3n) is 1.97. The van der Waals surface area contributed by atoms with Gasteiger partial charge in [-0.15, -0.1) is 0 Å². The van der Waals surface area contributed by atoms with Crippen LogP contribution in [0.1, 0.15) is 0 Å². The maximum Gasteiger partial charge on any atom is 0.411 e. The van der Waals surface area contributed by atoms with Gasteiger partial charge >= 0.3 is 15.8 Å². The van der Waals surface area contributed by atoms with Crippen molar-refractivity contribution in [3.8, 4) is 5.75 Å². The average molecular weight is 501 g/mol. The Morgan fingerprint density at radius 2 is 1.65 bits per heavy atom. The minimum Gasteiger partial charge on any atom is -1.00 e. The van der Waals surface area contributed by atoms with Crippen molar-refractivity contribution < 1.29 is 47.7 Å². The molecule has 0 aliphatic rings. The Labute approximate surface area is 138 Å². The van der Waals surface area contributed by atoms with E-state index in [1.54, 1.807) is 0 Å². The molecule has 0 amide bonds. The zero-order chi connectivity index (χ0) is 15.0. The lowest BCUT2D eigenvalue weighted by molar-refractivity contribution is -0.0000124. The fourth-order valence-corrected chi connectivity index (χ4v) is 4.95. The summed E-state index contributed by atoms with van der Waals surface area (Å²) in [6.07, 6.45) is 0. The molecule has 0 saturated heterocycles. The molecule has 1 aromatic rings. The van der Waals surface area contributed by atoms with Crippen LogP contribution in [0, 0.1) is 8.96 Å². The Morgan fingerprint density at radius 3 is 1.95 bits per heavy atom. The van der Waals surface area contributed by atoms with E-state index in [9.17, 15) is 16.8 Å². The predicted molar refractivity (Wildman–Crippen MR) is 70.1 cm³/mol. The Balaban J connectivity index is 0.00000361. The molecular formula is C7H6BrIN2O7S2. The number of diazo groups is 1. The number of hydrogen-bond acceptors (Lipinski definition) is 6. The molecular weight excluding hydrogens is 495 g/mol. The SMILES string of the molecule is COc1cc([N+]#N)c(S(=O)(=O)O)c(S(=O)(=O)O)c1I.[Br-]. The molecule has 0 saturated carbocycles. The van der Waals surface area contributed by atoms with Gasteiger partial charge < -0.3 is 21.7 Å². The number of rotatable bonds is 3. The second kappa shape index (κ2) is 6.49. The van der Waals surface area contributed by atoms with Crippen molar-refractivity contribution in [1.29, 1.82) is 5.39 Å². The van der Waals surface area contributed by atoms with E-state index >= 15 is 0 Å². The van der Waals surface area contributed by atoms with Crippen LogP contribution in [-0.4, -0.2) is 33.1 Å². The van der Waals surface area contributed by atoms with Gasteiger partial charge in [0.2, 0.25) is 10.3 Å². The molecule has 0 aliphatic heterocycles. The lowest BCUT2D eigenvalue weighted by Gasteiger charge is -2.08. The lowest BCUT2D eigenvalue weighted by atomic mass is 10.3. The zero-order valence-corrected chi connectivity index (χ0v) is 14.9. The monoisotopic (exact) mass is 500 g/mol. The molecule has 20 heavy (non-hydrogen) atoms. The largest absolute Gasteiger partial charge is 1.00 e. The molecule has 1 aromatic carbocycles. The van der Waals surface area contributed by atoms with Gasteiger partial charge in [0, 0.05) is 0 Å². The summed E-state index contributed by atoms with van der Waals surface area (Å²) in [6.45, 7) is 0. The van der Waals surface area contributed by atoms with Crippen molar-refractivity contribution in [3.05, 3.63) is 14.6 Å². The zero-order valence-electron chi connectivity index (χ0n) is 9.48. The highest BCUT2D eigenvalue weighted by atomic mass is 127. The fraction of sp³-hybridized carbons (Fsp3) is 0.143. The van der Waals surface area contributed by atoms with Gasteiger partial charge in [0.25, 0.3) is 10.1 Å². The molecule has 0 aliphatic carbocycles. The van der Waals surface area contributed by atoms with Gasteiger partial charge in [0.1, 0.15) is 10.6 Å². The highest BCUT2D eigenvalue weighted by Crippen LogP contribution is 2.40. The average Bonchev–Trinajstić information content (AvgIpc) is 2.25. The van der Waals surface area contributed by atoms with Crippen molar-refractivity contribution in [1.82, 2.24) is 0 Å². The van der Waals surface area contributed by atoms with E-state index in [2.05, 4.69) is 4.98 Å². The Bertz CT molecular complexity index is 784. The van der Waals surface area contributed by atoms with Gasteiger partial charge in [-0.2, -0.15) is 16.8 Å². The minimum atomic E-state index is -5.06. The van der Waals surface area contributed by atoms with E-state index in [0.717, 1.165) is 13.2 Å². The van der Waals surface area contributed by atoms with E-state index in [0.29, 0.717) is 0 Å². The van der Waals surface area contributed by atoms with Gasteiger partial charge in [-0.05, 0) is 22.6 Å². The lowest BCUT2D eigenvalue weighted by Crippen LogP contribution is -3.00. The van der Waals surface area contributed by atoms with E-state index < -0.39 is 35.7 Å². The first kappa shape index (κ1) is 19.5. The van der Waals surface area contributed by atoms with Crippen molar-refractivity contribution in [2.75, 3.05) is 7.11 Å². The summed E-state index contributed by atoms with van der Waals surface area (Å²) in [5.41, 5.74) is -0.785. The van der Waals surface area contributed by atoms with Crippen LogP contribution in [0.2, 0.25) is 0 Å². The normalized spacial score (nSPS) is 11.3. The fourth-order valence-electron chi connectivity index (χ4n) is 1.28. The summed E-state index contributed by atoms with van der Waals surface area (Å²) in [6, 6.07) is 0.888. The number of halogens is 2. The van der Waals surface area contributed by atoms with Crippen LogP contribution in [0.25, 0.3) is 4.98 Å². The summed E-state index contributed by atoms with van der Waals surface area (Å²) in [5, 5.41) is 8.70. The topological polar surface area (TPSA) is 146 Å². The molecule has 0 heterocycles. The van der Waals surface area contributed by atoms with E-state index in [4.69, 9.17) is 19.2 Å². The van der Waals surface area contributed by atoms with Crippen molar-refractivity contribution >= 4 is 48.5 Å². The van der Waals surface area contributed by atoms with Crippen molar-refractivity contribution in [3.63, 3.8) is 0 Å². The molecule has 0 spiro atoms. The second-order valence-electron chi connectivity index (χ2n) is 3.12. The summed E-state index contributed by atoms with van der Waals surface area (Å²) in [5.74, 6) is -0.159. The minimum absolute atomic E-state index is 0. The van der Waals surface area contributed by atoms with Gasteiger partial charge in [-0.3, -0.25) is 9.11 Å². The van der Waals surface area contributed by atoms with Crippen LogP contribution in [0.4, 0.5) is 5.69 Å². The van der Waals surface area contributed by atoms with Gasteiger partial charge in [-0.1, -0.05) is 0 Å².